The second kappa shape index (κ2) is 7.31. The molecule has 1 aromatic carbocycles. The first-order valence-electron chi connectivity index (χ1n) is 7.90. The zero-order chi connectivity index (χ0) is 17.0. The number of ether oxygens (including phenoxy) is 1. The Bertz CT molecular complexity index is 704. The molecule has 1 aromatic heterocycles. The maximum Gasteiger partial charge on any atom is 0.418 e. The summed E-state index contributed by atoms with van der Waals surface area (Å²) < 4.78 is 6.17. The van der Waals surface area contributed by atoms with Gasteiger partial charge in [-0.3, -0.25) is 9.36 Å². The molecule has 0 bridgehead atoms. The molecule has 23 heavy (non-hydrogen) atoms. The van der Waals surface area contributed by atoms with Gasteiger partial charge in [-0.2, -0.15) is 0 Å². The van der Waals surface area contributed by atoms with Crippen LogP contribution >= 0.6 is 0 Å². The van der Waals surface area contributed by atoms with E-state index in [2.05, 4.69) is 13.8 Å². The van der Waals surface area contributed by atoms with E-state index in [1.54, 1.807) is 12.3 Å². The van der Waals surface area contributed by atoms with Gasteiger partial charge in [-0.25, -0.2) is 4.79 Å². The van der Waals surface area contributed by atoms with Crippen molar-refractivity contribution in [2.24, 2.45) is 5.92 Å². The van der Waals surface area contributed by atoms with Gasteiger partial charge in [-0.05, 0) is 30.4 Å². The highest BCUT2D eigenvalue weighted by Gasteiger charge is 2.26. The zero-order valence-electron chi connectivity index (χ0n) is 13.8. The standard InChI is InChI=1S/C18H23NO4/c1-4-12(2)9-10-14(17(20)21)15-11-19(18(22)23-3)16-8-6-5-7-13(15)16/h5-8,11-12,14H,4,9-10H2,1-3H3,(H,20,21). The van der Waals surface area contributed by atoms with Gasteiger partial charge in [0.1, 0.15) is 0 Å². The Balaban J connectivity index is 2.47. The number of carboxylic acid groups (broad SMARTS) is 1. The van der Waals surface area contributed by atoms with Gasteiger partial charge in [0.15, 0.2) is 0 Å². The number of hydrogen-bond acceptors (Lipinski definition) is 3. The van der Waals surface area contributed by atoms with E-state index in [0.717, 1.165) is 18.2 Å². The highest BCUT2D eigenvalue weighted by Crippen LogP contribution is 2.32. The number of aliphatic carboxylic acids is 1. The molecule has 2 aromatic rings. The summed E-state index contributed by atoms with van der Waals surface area (Å²) in [7, 11) is 1.31. The van der Waals surface area contributed by atoms with Crippen molar-refractivity contribution in [1.29, 1.82) is 0 Å². The summed E-state index contributed by atoms with van der Waals surface area (Å²) in [6.07, 6.45) is 3.51. The number of carboxylic acids is 1. The molecule has 0 saturated carbocycles. The largest absolute Gasteiger partial charge is 0.481 e. The van der Waals surface area contributed by atoms with E-state index in [4.69, 9.17) is 4.74 Å². The molecule has 0 saturated heterocycles. The topological polar surface area (TPSA) is 68.5 Å². The highest BCUT2D eigenvalue weighted by atomic mass is 16.5. The van der Waals surface area contributed by atoms with Crippen LogP contribution < -0.4 is 0 Å². The number of para-hydroxylation sites is 1. The Morgan fingerprint density at radius 2 is 1.96 bits per heavy atom. The van der Waals surface area contributed by atoms with Crippen molar-refractivity contribution in [3.63, 3.8) is 0 Å². The van der Waals surface area contributed by atoms with Crippen LogP contribution in [0.5, 0.6) is 0 Å². The molecule has 2 unspecified atom stereocenters. The average molecular weight is 317 g/mol. The molecule has 1 N–H and O–H groups in total. The van der Waals surface area contributed by atoms with E-state index in [1.165, 1.54) is 11.7 Å². The van der Waals surface area contributed by atoms with Crippen molar-refractivity contribution in [3.8, 4) is 0 Å². The lowest BCUT2D eigenvalue weighted by molar-refractivity contribution is -0.139. The smallest absolute Gasteiger partial charge is 0.418 e. The van der Waals surface area contributed by atoms with Gasteiger partial charge >= 0.3 is 12.1 Å². The van der Waals surface area contributed by atoms with Crippen LogP contribution in [-0.2, 0) is 9.53 Å². The quantitative estimate of drug-likeness (QED) is 0.864. The van der Waals surface area contributed by atoms with Gasteiger partial charge in [-0.15, -0.1) is 0 Å². The van der Waals surface area contributed by atoms with Gasteiger partial charge in [0.05, 0.1) is 18.5 Å². The molecule has 2 rings (SSSR count). The Hall–Kier alpha value is -2.30. The number of rotatable bonds is 6. The lowest BCUT2D eigenvalue weighted by Crippen LogP contribution is -2.13. The van der Waals surface area contributed by atoms with Gasteiger partial charge in [0.25, 0.3) is 0 Å². The minimum Gasteiger partial charge on any atom is -0.481 e. The maximum absolute atomic E-state index is 11.9. The number of fused-ring (bicyclic) bond motifs is 1. The molecule has 0 aliphatic rings. The normalized spacial score (nSPS) is 13.7. The van der Waals surface area contributed by atoms with Crippen molar-refractivity contribution in [2.45, 2.75) is 39.0 Å². The molecule has 2 atom stereocenters. The third-order valence-corrected chi connectivity index (χ3v) is 4.43. The van der Waals surface area contributed by atoms with E-state index in [-0.39, 0.29) is 0 Å². The maximum atomic E-state index is 11.9. The highest BCUT2D eigenvalue weighted by molar-refractivity contribution is 5.95. The minimum atomic E-state index is -0.860. The summed E-state index contributed by atoms with van der Waals surface area (Å²) in [5, 5.41) is 10.4. The number of benzene rings is 1. The Morgan fingerprint density at radius 1 is 1.26 bits per heavy atom. The molecular weight excluding hydrogens is 294 g/mol. The van der Waals surface area contributed by atoms with Crippen LogP contribution in [0.15, 0.2) is 30.5 Å². The molecule has 0 spiro atoms. The fraction of sp³-hybridized carbons (Fsp3) is 0.444. The van der Waals surface area contributed by atoms with E-state index < -0.39 is 18.0 Å². The lowest BCUT2D eigenvalue weighted by Gasteiger charge is -2.14. The second-order valence-corrected chi connectivity index (χ2v) is 5.92. The van der Waals surface area contributed by atoms with Crippen molar-refractivity contribution >= 4 is 23.0 Å². The molecule has 0 aliphatic heterocycles. The van der Waals surface area contributed by atoms with E-state index in [0.29, 0.717) is 23.4 Å². The van der Waals surface area contributed by atoms with E-state index in [9.17, 15) is 14.7 Å². The zero-order valence-corrected chi connectivity index (χ0v) is 13.8. The van der Waals surface area contributed by atoms with Crippen molar-refractivity contribution in [3.05, 3.63) is 36.0 Å². The Morgan fingerprint density at radius 3 is 2.57 bits per heavy atom. The van der Waals surface area contributed by atoms with Crippen LogP contribution in [0, 0.1) is 5.92 Å². The van der Waals surface area contributed by atoms with Crippen molar-refractivity contribution in [1.82, 2.24) is 4.57 Å². The van der Waals surface area contributed by atoms with Crippen LogP contribution in [0.2, 0.25) is 0 Å². The van der Waals surface area contributed by atoms with Crippen LogP contribution in [-0.4, -0.2) is 28.8 Å². The van der Waals surface area contributed by atoms with Crippen LogP contribution in [0.1, 0.15) is 44.6 Å². The molecule has 5 heteroatoms. The minimum absolute atomic E-state index is 0.478. The molecule has 0 fully saturated rings. The van der Waals surface area contributed by atoms with Gasteiger partial charge in [-0.1, -0.05) is 38.5 Å². The average Bonchev–Trinajstić information content (AvgIpc) is 2.93. The Labute approximate surface area is 135 Å². The molecule has 5 nitrogen and oxygen atoms in total. The fourth-order valence-corrected chi connectivity index (χ4v) is 2.80. The van der Waals surface area contributed by atoms with Crippen molar-refractivity contribution in [2.75, 3.05) is 7.11 Å². The van der Waals surface area contributed by atoms with E-state index in [1.807, 2.05) is 18.2 Å². The third-order valence-electron chi connectivity index (χ3n) is 4.43. The molecule has 0 amide bonds. The SMILES string of the molecule is CCC(C)CCC(C(=O)O)c1cn(C(=O)OC)c2ccccc12. The number of carbonyl (C=O) groups excluding carboxylic acids is 1. The first-order chi connectivity index (χ1) is 11.0. The predicted octanol–water partition coefficient (Wildman–Crippen LogP) is 4.25. The summed E-state index contributed by atoms with van der Waals surface area (Å²) in [6, 6.07) is 7.31. The summed E-state index contributed by atoms with van der Waals surface area (Å²) >= 11 is 0. The van der Waals surface area contributed by atoms with Crippen molar-refractivity contribution < 1.29 is 19.4 Å². The third kappa shape index (κ3) is 3.55. The van der Waals surface area contributed by atoms with Crippen LogP contribution in [0.4, 0.5) is 4.79 Å². The Kier molecular flexibility index (Phi) is 5.42. The number of nitrogens with zero attached hydrogens (tertiary/aromatic N) is 1. The van der Waals surface area contributed by atoms with Crippen LogP contribution in [0.3, 0.4) is 0 Å². The molecule has 124 valence electrons. The second-order valence-electron chi connectivity index (χ2n) is 5.92. The summed E-state index contributed by atoms with van der Waals surface area (Å²) in [6.45, 7) is 4.22. The predicted molar refractivity (Wildman–Crippen MR) is 88.8 cm³/mol. The summed E-state index contributed by atoms with van der Waals surface area (Å²) in [5.74, 6) is -1.01. The first kappa shape index (κ1) is 17.1. The molecule has 0 aliphatic carbocycles. The number of hydrogen-bond donors (Lipinski definition) is 1. The summed E-state index contributed by atoms with van der Waals surface area (Å²) in [4.78, 5) is 23.7. The lowest BCUT2D eigenvalue weighted by atomic mass is 9.90. The number of aromatic nitrogens is 1. The van der Waals surface area contributed by atoms with Gasteiger partial charge in [0.2, 0.25) is 0 Å². The molecule has 0 radical (unpaired) electrons. The number of methoxy groups -OCH3 is 1. The van der Waals surface area contributed by atoms with Crippen LogP contribution in [0.25, 0.3) is 10.9 Å². The monoisotopic (exact) mass is 317 g/mol. The van der Waals surface area contributed by atoms with Gasteiger partial charge < -0.3 is 9.84 Å². The fourth-order valence-electron chi connectivity index (χ4n) is 2.80. The van der Waals surface area contributed by atoms with E-state index >= 15 is 0 Å². The molecular formula is C18H23NO4. The summed E-state index contributed by atoms with van der Waals surface area (Å²) in [5.41, 5.74) is 1.34. The number of carbonyl (C=O) groups is 2. The van der Waals surface area contributed by atoms with Gasteiger partial charge in [0, 0.05) is 11.6 Å². The molecule has 1 heterocycles. The first-order valence-corrected chi connectivity index (χ1v) is 7.90.